The zero-order chi connectivity index (χ0) is 17.4. The second-order valence-corrected chi connectivity index (χ2v) is 5.90. The molecule has 1 aliphatic heterocycles. The van der Waals surface area contributed by atoms with Gasteiger partial charge in [0.2, 0.25) is 0 Å². The highest BCUT2D eigenvalue weighted by atomic mass is 16.6. The Hall–Kier alpha value is -3.09. The summed E-state index contributed by atoms with van der Waals surface area (Å²) in [6, 6.07) is 12.3. The van der Waals surface area contributed by atoms with Crippen LogP contribution in [0, 0.1) is 10.1 Å². The van der Waals surface area contributed by atoms with Crippen LogP contribution in [0.25, 0.3) is 0 Å². The molecule has 3 rings (SSSR count). The lowest BCUT2D eigenvalue weighted by Crippen LogP contribution is -2.44. The van der Waals surface area contributed by atoms with Gasteiger partial charge in [-0.05, 0) is 18.2 Å². The minimum atomic E-state index is -0.456. The van der Waals surface area contributed by atoms with E-state index in [1.54, 1.807) is 37.2 Å². The molecule has 124 valence electrons. The van der Waals surface area contributed by atoms with Gasteiger partial charge in [-0.1, -0.05) is 18.2 Å². The molecular weight excluding hydrogens is 308 g/mol. The van der Waals surface area contributed by atoms with E-state index in [-0.39, 0.29) is 11.6 Å². The molecule has 7 heteroatoms. The molecule has 1 N–H and O–H groups in total. The number of nitro groups is 1. The summed E-state index contributed by atoms with van der Waals surface area (Å²) in [5, 5.41) is 14.3. The molecule has 1 amide bonds. The number of rotatable bonds is 3. The molecule has 0 radical (unpaired) electrons. The molecule has 0 bridgehead atoms. The lowest BCUT2D eigenvalue weighted by atomic mass is 10.0. The van der Waals surface area contributed by atoms with Crippen molar-refractivity contribution < 1.29 is 9.72 Å². The van der Waals surface area contributed by atoms with Gasteiger partial charge in [0.15, 0.2) is 0 Å². The largest absolute Gasteiger partial charge is 0.372 e. The zero-order valence-electron chi connectivity index (χ0n) is 13.7. The number of nitrogens with zero attached hydrogens (tertiary/aromatic N) is 3. The molecule has 0 aliphatic carbocycles. The fourth-order valence-electron chi connectivity index (χ4n) is 2.95. The quantitative estimate of drug-likeness (QED) is 0.693. The Morgan fingerprint density at radius 2 is 1.92 bits per heavy atom. The number of hydrogen-bond acceptors (Lipinski definition) is 5. The number of hydrogen-bond donors (Lipinski definition) is 1. The van der Waals surface area contributed by atoms with Crippen LogP contribution >= 0.6 is 0 Å². The van der Waals surface area contributed by atoms with Crippen molar-refractivity contribution in [3.05, 3.63) is 63.7 Å². The molecule has 0 spiro atoms. The van der Waals surface area contributed by atoms with Crippen LogP contribution in [-0.4, -0.2) is 32.0 Å². The Bertz CT molecular complexity index is 819. The van der Waals surface area contributed by atoms with Crippen LogP contribution in [0.1, 0.15) is 22.1 Å². The van der Waals surface area contributed by atoms with E-state index in [1.807, 2.05) is 30.1 Å². The van der Waals surface area contributed by atoms with Gasteiger partial charge in [0.25, 0.3) is 11.6 Å². The minimum absolute atomic E-state index is 0.0130. The number of fused-ring (bicyclic) bond motifs is 1. The van der Waals surface area contributed by atoms with E-state index in [4.69, 9.17) is 0 Å². The summed E-state index contributed by atoms with van der Waals surface area (Å²) in [4.78, 5) is 26.9. The summed E-state index contributed by atoms with van der Waals surface area (Å²) in [5.41, 5.74) is 2.59. The maximum Gasteiger partial charge on any atom is 0.292 e. The van der Waals surface area contributed by atoms with Gasteiger partial charge in [-0.2, -0.15) is 0 Å². The van der Waals surface area contributed by atoms with Gasteiger partial charge in [0.1, 0.15) is 11.9 Å². The monoisotopic (exact) mass is 326 g/mol. The lowest BCUT2D eigenvalue weighted by Gasteiger charge is -2.36. The van der Waals surface area contributed by atoms with Crippen molar-refractivity contribution in [1.82, 2.24) is 5.32 Å². The molecule has 0 fully saturated rings. The van der Waals surface area contributed by atoms with Gasteiger partial charge in [0.05, 0.1) is 16.2 Å². The van der Waals surface area contributed by atoms with E-state index < -0.39 is 11.1 Å². The van der Waals surface area contributed by atoms with Gasteiger partial charge in [-0.25, -0.2) is 0 Å². The molecule has 1 atom stereocenters. The standard InChI is InChI=1S/C17H18N4O3/c1-19(2)14-9-8-11(10-15(14)21(23)24)16-18-17(22)12-6-4-5-7-13(12)20(16)3/h4-10,16H,1-3H3,(H,18,22)/t16-/m1/s1. The van der Waals surface area contributed by atoms with Gasteiger partial charge >= 0.3 is 0 Å². The van der Waals surface area contributed by atoms with E-state index in [0.29, 0.717) is 16.8 Å². The minimum Gasteiger partial charge on any atom is -0.372 e. The molecule has 0 aromatic heterocycles. The van der Waals surface area contributed by atoms with E-state index in [9.17, 15) is 14.9 Å². The van der Waals surface area contributed by atoms with Crippen LogP contribution in [0.2, 0.25) is 0 Å². The smallest absolute Gasteiger partial charge is 0.292 e. The Balaban J connectivity index is 2.05. The van der Waals surface area contributed by atoms with Crippen LogP contribution in [-0.2, 0) is 0 Å². The van der Waals surface area contributed by atoms with E-state index in [0.717, 1.165) is 5.69 Å². The summed E-state index contributed by atoms with van der Waals surface area (Å²) in [7, 11) is 5.37. The summed E-state index contributed by atoms with van der Waals surface area (Å²) in [6.45, 7) is 0. The SMILES string of the molecule is CN(C)c1ccc([C@@H]2NC(=O)c3ccccc3N2C)cc1[N+](=O)[O-]. The van der Waals surface area contributed by atoms with E-state index in [1.165, 1.54) is 6.07 Å². The number of amides is 1. The van der Waals surface area contributed by atoms with Crippen LogP contribution in [0.4, 0.5) is 17.1 Å². The van der Waals surface area contributed by atoms with Gasteiger partial charge in [0, 0.05) is 32.8 Å². The first-order chi connectivity index (χ1) is 11.4. The Morgan fingerprint density at radius 3 is 2.58 bits per heavy atom. The van der Waals surface area contributed by atoms with Crippen LogP contribution < -0.4 is 15.1 Å². The summed E-state index contributed by atoms with van der Waals surface area (Å²) in [6.07, 6.45) is -0.456. The zero-order valence-corrected chi connectivity index (χ0v) is 13.7. The fraction of sp³-hybridized carbons (Fsp3) is 0.235. The maximum absolute atomic E-state index is 12.3. The van der Waals surface area contributed by atoms with Crippen molar-refractivity contribution in [2.45, 2.75) is 6.17 Å². The summed E-state index contributed by atoms with van der Waals surface area (Å²) < 4.78 is 0. The van der Waals surface area contributed by atoms with Crippen molar-refractivity contribution in [3.8, 4) is 0 Å². The third-order valence-electron chi connectivity index (χ3n) is 4.18. The van der Waals surface area contributed by atoms with Crippen molar-refractivity contribution in [2.75, 3.05) is 30.9 Å². The topological polar surface area (TPSA) is 78.7 Å². The second kappa shape index (κ2) is 5.84. The molecule has 0 saturated heterocycles. The number of carbonyl (C=O) groups excluding carboxylic acids is 1. The van der Waals surface area contributed by atoms with Crippen LogP contribution in [0.15, 0.2) is 42.5 Å². The molecule has 2 aromatic rings. The summed E-state index contributed by atoms with van der Waals surface area (Å²) >= 11 is 0. The van der Waals surface area contributed by atoms with Gasteiger partial charge in [-0.3, -0.25) is 14.9 Å². The fourth-order valence-corrected chi connectivity index (χ4v) is 2.95. The number of benzene rings is 2. The molecule has 7 nitrogen and oxygen atoms in total. The molecule has 2 aromatic carbocycles. The number of para-hydroxylation sites is 1. The van der Waals surface area contributed by atoms with Crippen LogP contribution in [0.3, 0.4) is 0 Å². The number of nitro benzene ring substituents is 1. The van der Waals surface area contributed by atoms with Crippen LogP contribution in [0.5, 0.6) is 0 Å². The average molecular weight is 326 g/mol. The molecular formula is C17H18N4O3. The van der Waals surface area contributed by atoms with Crippen molar-refractivity contribution in [2.24, 2.45) is 0 Å². The third-order valence-corrected chi connectivity index (χ3v) is 4.18. The highest BCUT2D eigenvalue weighted by Crippen LogP contribution is 2.35. The predicted octanol–water partition coefficient (Wildman–Crippen LogP) is 2.54. The first kappa shape index (κ1) is 15.8. The van der Waals surface area contributed by atoms with Gasteiger partial charge < -0.3 is 15.1 Å². The molecule has 0 saturated carbocycles. The van der Waals surface area contributed by atoms with E-state index >= 15 is 0 Å². The average Bonchev–Trinajstić information content (AvgIpc) is 2.57. The predicted molar refractivity (Wildman–Crippen MR) is 92.5 cm³/mol. The number of nitrogens with one attached hydrogen (secondary N) is 1. The van der Waals surface area contributed by atoms with Crippen molar-refractivity contribution >= 4 is 23.0 Å². The Morgan fingerprint density at radius 1 is 1.21 bits per heavy atom. The van der Waals surface area contributed by atoms with Crippen molar-refractivity contribution in [3.63, 3.8) is 0 Å². The Labute approximate surface area is 139 Å². The number of carbonyl (C=O) groups is 1. The number of anilines is 2. The summed E-state index contributed by atoms with van der Waals surface area (Å²) in [5.74, 6) is -0.187. The normalized spacial score (nSPS) is 16.4. The molecule has 24 heavy (non-hydrogen) atoms. The lowest BCUT2D eigenvalue weighted by molar-refractivity contribution is -0.384. The van der Waals surface area contributed by atoms with E-state index in [2.05, 4.69) is 5.32 Å². The first-order valence-electron chi connectivity index (χ1n) is 7.48. The van der Waals surface area contributed by atoms with Crippen molar-refractivity contribution in [1.29, 1.82) is 0 Å². The van der Waals surface area contributed by atoms with Gasteiger partial charge in [-0.15, -0.1) is 0 Å². The highest BCUT2D eigenvalue weighted by molar-refractivity contribution is 6.02. The Kier molecular flexibility index (Phi) is 3.84. The highest BCUT2D eigenvalue weighted by Gasteiger charge is 2.30. The second-order valence-electron chi connectivity index (χ2n) is 5.90. The maximum atomic E-state index is 12.3. The molecule has 0 unspecified atom stereocenters. The first-order valence-corrected chi connectivity index (χ1v) is 7.48. The molecule has 1 heterocycles. The third kappa shape index (κ3) is 2.54. The molecule has 1 aliphatic rings.